The smallest absolute Gasteiger partial charge is 0.289 e. The number of anilines is 2. The highest BCUT2D eigenvalue weighted by Gasteiger charge is 2.15. The summed E-state index contributed by atoms with van der Waals surface area (Å²) in [5.74, 6) is -0.745. The fourth-order valence-corrected chi connectivity index (χ4v) is 2.06. The molecule has 0 aliphatic carbocycles. The molecule has 0 radical (unpaired) electrons. The number of nitriles is 2. The molecule has 0 fully saturated rings. The lowest BCUT2D eigenvalue weighted by molar-refractivity contribution is -0.384. The second-order valence-corrected chi connectivity index (χ2v) is 5.29. The van der Waals surface area contributed by atoms with Crippen molar-refractivity contribution in [2.45, 2.75) is 0 Å². The van der Waals surface area contributed by atoms with Gasteiger partial charge in [-0.15, -0.1) is 0 Å². The van der Waals surface area contributed by atoms with E-state index in [0.717, 1.165) is 6.07 Å². The summed E-state index contributed by atoms with van der Waals surface area (Å²) >= 11 is 5.71. The van der Waals surface area contributed by atoms with Crippen LogP contribution in [0.25, 0.3) is 0 Å². The Balaban J connectivity index is 2.13. The second kappa shape index (κ2) is 8.29. The average molecular weight is 368 g/mol. The summed E-state index contributed by atoms with van der Waals surface area (Å²) in [7, 11) is 0. The summed E-state index contributed by atoms with van der Waals surface area (Å²) in [5, 5.41) is 33.8. The zero-order chi connectivity index (χ0) is 19.1. The molecule has 0 spiro atoms. The van der Waals surface area contributed by atoms with E-state index in [0.29, 0.717) is 11.3 Å². The van der Waals surface area contributed by atoms with E-state index in [2.05, 4.69) is 10.6 Å². The Morgan fingerprint density at radius 2 is 1.81 bits per heavy atom. The fourth-order valence-electron chi connectivity index (χ4n) is 1.87. The average Bonchev–Trinajstić information content (AvgIpc) is 2.64. The van der Waals surface area contributed by atoms with Gasteiger partial charge in [-0.2, -0.15) is 10.5 Å². The molecular formula is C17H10ClN5O3. The number of nitro benzene ring substituents is 1. The number of halogens is 1. The van der Waals surface area contributed by atoms with Crippen molar-refractivity contribution in [3.05, 3.63) is 74.9 Å². The van der Waals surface area contributed by atoms with Crippen molar-refractivity contribution in [3.63, 3.8) is 0 Å². The standard InChI is InChI=1S/C17H10ClN5O3/c18-15-6-5-14(7-16(15)23(25)26)22-17(24)12(9-20)10-21-13-3-1-11(8-19)2-4-13/h1-7,10,21H,(H,22,24)/b12-10-. The molecule has 128 valence electrons. The van der Waals surface area contributed by atoms with Crippen LogP contribution >= 0.6 is 11.6 Å². The van der Waals surface area contributed by atoms with Crippen LogP contribution in [-0.2, 0) is 4.79 Å². The molecule has 0 bridgehead atoms. The number of benzene rings is 2. The molecule has 0 saturated heterocycles. The van der Waals surface area contributed by atoms with Gasteiger partial charge < -0.3 is 10.6 Å². The first-order chi connectivity index (χ1) is 12.4. The van der Waals surface area contributed by atoms with Gasteiger partial charge >= 0.3 is 0 Å². The lowest BCUT2D eigenvalue weighted by Gasteiger charge is -2.06. The first-order valence-corrected chi connectivity index (χ1v) is 7.44. The van der Waals surface area contributed by atoms with Crippen molar-refractivity contribution in [3.8, 4) is 12.1 Å². The lowest BCUT2D eigenvalue weighted by Crippen LogP contribution is -2.14. The Labute approximate surface area is 153 Å². The predicted octanol–water partition coefficient (Wildman–Crippen LogP) is 3.58. The molecule has 0 aromatic heterocycles. The van der Waals surface area contributed by atoms with Crippen LogP contribution < -0.4 is 10.6 Å². The quantitative estimate of drug-likeness (QED) is 0.359. The van der Waals surface area contributed by atoms with Crippen molar-refractivity contribution in [2.24, 2.45) is 0 Å². The minimum Gasteiger partial charge on any atom is -0.360 e. The number of nitrogens with zero attached hydrogens (tertiary/aromatic N) is 3. The van der Waals surface area contributed by atoms with E-state index >= 15 is 0 Å². The highest BCUT2D eigenvalue weighted by molar-refractivity contribution is 6.32. The molecule has 2 rings (SSSR count). The third kappa shape index (κ3) is 4.57. The summed E-state index contributed by atoms with van der Waals surface area (Å²) in [4.78, 5) is 22.3. The van der Waals surface area contributed by atoms with Crippen LogP contribution in [0.3, 0.4) is 0 Å². The van der Waals surface area contributed by atoms with Crippen molar-refractivity contribution < 1.29 is 9.72 Å². The molecule has 0 heterocycles. The van der Waals surface area contributed by atoms with E-state index in [1.54, 1.807) is 30.3 Å². The molecule has 0 unspecified atom stereocenters. The first-order valence-electron chi connectivity index (χ1n) is 7.07. The summed E-state index contributed by atoms with van der Waals surface area (Å²) in [6.07, 6.45) is 1.20. The third-order valence-corrected chi connectivity index (χ3v) is 3.48. The van der Waals surface area contributed by atoms with E-state index in [1.807, 2.05) is 6.07 Å². The second-order valence-electron chi connectivity index (χ2n) is 4.88. The van der Waals surface area contributed by atoms with E-state index in [-0.39, 0.29) is 22.0 Å². The van der Waals surface area contributed by atoms with Gasteiger partial charge in [0.25, 0.3) is 11.6 Å². The minimum atomic E-state index is -0.745. The van der Waals surface area contributed by atoms with Gasteiger partial charge in [-0.25, -0.2) is 0 Å². The largest absolute Gasteiger partial charge is 0.360 e. The summed E-state index contributed by atoms with van der Waals surface area (Å²) < 4.78 is 0. The van der Waals surface area contributed by atoms with E-state index in [9.17, 15) is 14.9 Å². The zero-order valence-corrected chi connectivity index (χ0v) is 13.8. The fraction of sp³-hybridized carbons (Fsp3) is 0. The summed E-state index contributed by atoms with van der Waals surface area (Å²) in [6.45, 7) is 0. The first kappa shape index (κ1) is 18.5. The van der Waals surface area contributed by atoms with Crippen molar-refractivity contribution in [2.75, 3.05) is 10.6 Å². The Morgan fingerprint density at radius 1 is 1.15 bits per heavy atom. The van der Waals surface area contributed by atoms with E-state index < -0.39 is 10.8 Å². The molecule has 2 aromatic carbocycles. The van der Waals surface area contributed by atoms with Crippen LogP contribution in [0.4, 0.5) is 17.1 Å². The molecule has 8 nitrogen and oxygen atoms in total. The summed E-state index contributed by atoms with van der Waals surface area (Å²) in [6, 6.07) is 13.9. The predicted molar refractivity (Wildman–Crippen MR) is 95.2 cm³/mol. The van der Waals surface area contributed by atoms with Crippen LogP contribution in [-0.4, -0.2) is 10.8 Å². The number of nitrogens with one attached hydrogen (secondary N) is 2. The Kier molecular flexibility index (Phi) is 5.88. The zero-order valence-electron chi connectivity index (χ0n) is 13.1. The van der Waals surface area contributed by atoms with Crippen molar-refractivity contribution in [1.82, 2.24) is 0 Å². The van der Waals surface area contributed by atoms with Gasteiger partial charge in [-0.1, -0.05) is 11.6 Å². The van der Waals surface area contributed by atoms with Gasteiger partial charge in [0.1, 0.15) is 16.7 Å². The monoisotopic (exact) mass is 367 g/mol. The van der Waals surface area contributed by atoms with Gasteiger partial charge in [0, 0.05) is 23.6 Å². The Hall–Kier alpha value is -3.88. The molecule has 2 aromatic rings. The number of amides is 1. The maximum atomic E-state index is 12.1. The molecule has 2 N–H and O–H groups in total. The van der Waals surface area contributed by atoms with Gasteiger partial charge in [-0.05, 0) is 36.4 Å². The van der Waals surface area contributed by atoms with Crippen LogP contribution in [0, 0.1) is 32.8 Å². The molecule has 0 saturated carbocycles. The molecule has 1 amide bonds. The SMILES string of the molecule is N#C/C(=C/Nc1ccc(C#N)cc1)C(=O)Nc1ccc(Cl)c([N+](=O)[O-])c1. The van der Waals surface area contributed by atoms with Crippen molar-refractivity contribution in [1.29, 1.82) is 10.5 Å². The minimum absolute atomic E-state index is 0.0634. The lowest BCUT2D eigenvalue weighted by atomic mass is 10.2. The Bertz CT molecular complexity index is 971. The molecule has 0 aliphatic heterocycles. The number of hydrogen-bond acceptors (Lipinski definition) is 6. The Morgan fingerprint density at radius 3 is 2.38 bits per heavy atom. The number of rotatable bonds is 5. The highest BCUT2D eigenvalue weighted by atomic mass is 35.5. The van der Waals surface area contributed by atoms with Gasteiger partial charge in [0.2, 0.25) is 0 Å². The molecular weight excluding hydrogens is 358 g/mol. The van der Waals surface area contributed by atoms with Crippen LogP contribution in [0.15, 0.2) is 54.2 Å². The van der Waals surface area contributed by atoms with E-state index in [1.165, 1.54) is 18.3 Å². The molecule has 9 heteroatoms. The molecule has 26 heavy (non-hydrogen) atoms. The van der Waals surface area contributed by atoms with Gasteiger partial charge in [-0.3, -0.25) is 14.9 Å². The molecule has 0 atom stereocenters. The maximum absolute atomic E-state index is 12.1. The topological polar surface area (TPSA) is 132 Å². The summed E-state index contributed by atoms with van der Waals surface area (Å²) in [5.41, 5.74) is 0.578. The number of carbonyl (C=O) groups excluding carboxylic acids is 1. The number of hydrogen-bond donors (Lipinski definition) is 2. The molecule has 0 aliphatic rings. The van der Waals surface area contributed by atoms with E-state index in [4.69, 9.17) is 22.1 Å². The number of nitro groups is 1. The van der Waals surface area contributed by atoms with Crippen LogP contribution in [0.1, 0.15) is 5.56 Å². The van der Waals surface area contributed by atoms with Crippen molar-refractivity contribution >= 4 is 34.6 Å². The van der Waals surface area contributed by atoms with Gasteiger partial charge in [0.05, 0.1) is 16.6 Å². The maximum Gasteiger partial charge on any atom is 0.289 e. The van der Waals surface area contributed by atoms with Crippen LogP contribution in [0.5, 0.6) is 0 Å². The normalized spacial score (nSPS) is 10.3. The highest BCUT2D eigenvalue weighted by Crippen LogP contribution is 2.27. The number of carbonyl (C=O) groups is 1. The van der Waals surface area contributed by atoms with Gasteiger partial charge in [0.15, 0.2) is 0 Å². The third-order valence-electron chi connectivity index (χ3n) is 3.16. The van der Waals surface area contributed by atoms with Crippen LogP contribution in [0.2, 0.25) is 5.02 Å².